The van der Waals surface area contributed by atoms with Crippen LogP contribution in [0.3, 0.4) is 0 Å². The number of ether oxygens (including phenoxy) is 1. The predicted molar refractivity (Wildman–Crippen MR) is 470 cm³/mol. The summed E-state index contributed by atoms with van der Waals surface area (Å²) < 4.78 is 7.41. The van der Waals surface area contributed by atoms with Gasteiger partial charge in [-0.05, 0) is 243 Å². The largest absolute Gasteiger partial charge is 0.387 e. The molecule has 4 aliphatic rings. The van der Waals surface area contributed by atoms with E-state index in [1.165, 1.54) is 52.6 Å². The van der Waals surface area contributed by atoms with E-state index in [4.69, 9.17) is 10.5 Å². The van der Waals surface area contributed by atoms with Gasteiger partial charge in [-0.15, -0.1) is 28.6 Å². The van der Waals surface area contributed by atoms with Gasteiger partial charge in [-0.25, -0.2) is 4.68 Å². The number of unbranched alkanes of at least 4 members (excludes halogenated alkanes) is 1. The maximum Gasteiger partial charge on any atom is 0.242 e. The van der Waals surface area contributed by atoms with Crippen LogP contribution in [0.5, 0.6) is 0 Å². The highest BCUT2D eigenvalue weighted by Crippen LogP contribution is 2.35. The molecular weight excluding hydrogens is 1460 g/mol. The van der Waals surface area contributed by atoms with Crippen molar-refractivity contribution >= 4 is 82.5 Å². The topological polar surface area (TPSA) is 311 Å². The summed E-state index contributed by atoms with van der Waals surface area (Å²) in [5.41, 5.74) is 6.52. The number of hydrogen-bond donors (Lipinski definition) is 7. The third-order valence-corrected chi connectivity index (χ3v) is 19.7. The zero-order chi connectivity index (χ0) is 88.3. The second kappa shape index (κ2) is 45.7. The number of likely N-dealkylation sites (tertiary alicyclic amines) is 2. The Kier molecular flexibility index (Phi) is 43.6. The van der Waals surface area contributed by atoms with E-state index in [-0.39, 0.29) is 157 Å². The number of amidine groups is 1. The molecule has 2 unspecified atom stereocenters. The molecule has 25 heteroatoms. The normalized spacial score (nSPS) is 19.8. The fraction of sp³-hybridized carbons (Fsp3) is 0.864. The van der Waals surface area contributed by atoms with E-state index in [0.717, 1.165) is 77.6 Å². The highest BCUT2D eigenvalue weighted by Gasteiger charge is 2.43. The van der Waals surface area contributed by atoms with Gasteiger partial charge in [-0.2, -0.15) is 0 Å². The van der Waals surface area contributed by atoms with Crippen LogP contribution in [0.4, 0.5) is 0 Å². The van der Waals surface area contributed by atoms with Crippen molar-refractivity contribution in [3.63, 3.8) is 0 Å². The molecule has 2 saturated carbocycles. The van der Waals surface area contributed by atoms with Crippen molar-refractivity contribution < 1.29 is 47.9 Å². The maximum absolute atomic E-state index is 12.8. The molecule has 0 spiro atoms. The van der Waals surface area contributed by atoms with Gasteiger partial charge in [0.2, 0.25) is 53.2 Å². The minimum Gasteiger partial charge on any atom is -0.387 e. The van der Waals surface area contributed by atoms with Crippen molar-refractivity contribution in [3.05, 3.63) is 11.9 Å². The van der Waals surface area contributed by atoms with Crippen LogP contribution in [-0.4, -0.2) is 178 Å². The molecule has 0 radical (unpaired) electrons. The van der Waals surface area contributed by atoms with Gasteiger partial charge in [-0.3, -0.25) is 57.9 Å². The van der Waals surface area contributed by atoms with Crippen LogP contribution in [0.15, 0.2) is 11.2 Å². The second-order valence-electron chi connectivity index (χ2n) is 44.7. The summed E-state index contributed by atoms with van der Waals surface area (Å²) in [6.45, 7) is 79.0. The number of imide groups is 2. The number of hydrogen-bond acceptors (Lipinski definition) is 16. The first kappa shape index (κ1) is 108. The van der Waals surface area contributed by atoms with Crippen molar-refractivity contribution in [2.45, 2.75) is 388 Å². The van der Waals surface area contributed by atoms with Gasteiger partial charge in [0.15, 0.2) is 0 Å². The molecule has 1 aromatic heterocycles. The summed E-state index contributed by atoms with van der Waals surface area (Å²) in [6, 6.07) is 0. The first-order chi connectivity index (χ1) is 50.6. The zero-order valence-electron chi connectivity index (χ0n) is 78.3. The molecule has 4 fully saturated rings. The van der Waals surface area contributed by atoms with Gasteiger partial charge in [0.1, 0.15) is 5.84 Å². The molecule has 5 rings (SSSR count). The van der Waals surface area contributed by atoms with Crippen LogP contribution in [0.2, 0.25) is 0 Å². The molecule has 2 atom stereocenters. The minimum absolute atomic E-state index is 0.00934. The molecule has 23 nitrogen and oxygen atoms in total. The number of amides is 9. The number of aromatic nitrogens is 3. The van der Waals surface area contributed by atoms with E-state index in [1.807, 2.05) is 152 Å². The molecule has 3 heterocycles. The van der Waals surface area contributed by atoms with Gasteiger partial charge in [0, 0.05) is 97.8 Å². The third-order valence-electron chi connectivity index (χ3n) is 17.3. The Morgan fingerprint density at radius 2 is 0.876 bits per heavy atom. The Morgan fingerprint density at radius 1 is 0.496 bits per heavy atom. The average Bonchev–Trinajstić information content (AvgIpc) is 1.69. The summed E-state index contributed by atoms with van der Waals surface area (Å²) in [4.78, 5) is 117. The monoisotopic (exact) mass is 1630 g/mol. The second-order valence-corrected chi connectivity index (χ2v) is 47.1. The van der Waals surface area contributed by atoms with Crippen LogP contribution in [0, 0.1) is 50.7 Å². The zero-order valence-corrected chi connectivity index (χ0v) is 79.9. The van der Waals surface area contributed by atoms with E-state index in [2.05, 4.69) is 151 Å². The van der Waals surface area contributed by atoms with Gasteiger partial charge >= 0.3 is 0 Å². The molecule has 2 saturated heterocycles. The Hall–Kier alpha value is -5.14. The van der Waals surface area contributed by atoms with Crippen molar-refractivity contribution in [1.29, 1.82) is 0 Å². The Bertz CT molecular complexity index is 3110. The van der Waals surface area contributed by atoms with E-state index >= 15 is 0 Å². The quantitative estimate of drug-likeness (QED) is 0.0260. The molecule has 9 amide bonds. The van der Waals surface area contributed by atoms with E-state index < -0.39 is 5.25 Å². The van der Waals surface area contributed by atoms with Gasteiger partial charge in [0.25, 0.3) is 0 Å². The Morgan fingerprint density at radius 3 is 1.20 bits per heavy atom. The number of carbonyl (C=O) groups is 9. The van der Waals surface area contributed by atoms with Crippen LogP contribution in [-0.2, 0) is 59.8 Å². The van der Waals surface area contributed by atoms with Crippen LogP contribution < -0.4 is 37.6 Å². The number of nitrogens with zero attached hydrogens (tertiary/aromatic N) is 6. The highest BCUT2D eigenvalue weighted by molar-refractivity contribution is 8.01. The summed E-state index contributed by atoms with van der Waals surface area (Å²) in [6.07, 6.45) is 12.8. The summed E-state index contributed by atoms with van der Waals surface area (Å²) in [5.74, 6) is 1.30. The van der Waals surface area contributed by atoms with Gasteiger partial charge < -0.3 is 42.4 Å². The number of thioether (sulfide) groups is 2. The molecule has 0 bridgehead atoms. The summed E-state index contributed by atoms with van der Waals surface area (Å²) in [5, 5.41) is 25.4. The molecule has 8 N–H and O–H groups in total. The smallest absolute Gasteiger partial charge is 0.242 e. The number of nitrogens with two attached hydrogens (primary N) is 1. The first-order valence-electron chi connectivity index (χ1n) is 41.7. The lowest BCUT2D eigenvalue weighted by atomic mass is 9.81. The third kappa shape index (κ3) is 54.5. The average molecular weight is 1630 g/mol. The number of nitrogens with one attached hydrogen (secondary N) is 6. The van der Waals surface area contributed by atoms with Gasteiger partial charge in [-0.1, -0.05) is 115 Å². The van der Waals surface area contributed by atoms with Crippen LogP contribution >= 0.6 is 23.5 Å². The number of rotatable bonds is 21. The summed E-state index contributed by atoms with van der Waals surface area (Å²) >= 11 is 2.64. The lowest BCUT2D eigenvalue weighted by Crippen LogP contribution is -2.45. The standard InChI is InChI=1S/C22H38N4O3S.C22H37N3O4S.C12H22N4O.C12H26O.C10H21NO.C10H23N/c1-21(2,3)24-17(23)13-30-16-11-18(27)26(20(16)29)12-14-7-9-15(10-8-14)19(28)25-22(4,5)6;1-21(2,3)23-17(26)13-30-16-11-18(27)25(20(16)29)12-14-7-9-15(10-8-14)19(28)24-22(4,5)6;1-11(2,3)13-10(17)7-9-8-16(15-14-9)12(4,5)6;1-11(2,3)9-7-8-10-13-12(4,5)6;1-9(2,3)7-11-8(12)10(4,5)6;1-9(2,3)7-11-8-10(4,5)6/h14-16H,7-13H2,1-6H3,(H2,23,24)(H,25,28);14-16H,7-13H2,1-6H3,(H,23,26)(H,24,28);8H,7H2,1-6H3,(H,13,17);7-10H2,1-6H3;7H2,1-6H3,(H,11,12);11H,7-8H2,1-6H3. The minimum atomic E-state index is -0.475. The molecule has 656 valence electrons. The Balaban J connectivity index is 0.00000140. The van der Waals surface area contributed by atoms with Crippen LogP contribution in [0.25, 0.3) is 0 Å². The fourth-order valence-corrected chi connectivity index (χ4v) is 13.7. The molecule has 2 aliphatic carbocycles. The molecular formula is C88H167N13O10S2. The highest BCUT2D eigenvalue weighted by atomic mass is 32.2. The van der Waals surface area contributed by atoms with Crippen molar-refractivity contribution in [2.75, 3.05) is 50.8 Å². The molecule has 2 aliphatic heterocycles. The Labute approximate surface area is 695 Å². The first-order valence-corrected chi connectivity index (χ1v) is 43.8. The fourth-order valence-electron chi connectivity index (χ4n) is 11.8. The predicted octanol–water partition coefficient (Wildman–Crippen LogP) is 15.6. The van der Waals surface area contributed by atoms with Gasteiger partial charge in [0.05, 0.1) is 50.8 Å². The molecule has 113 heavy (non-hydrogen) atoms. The van der Waals surface area contributed by atoms with Crippen LogP contribution in [0.1, 0.15) is 338 Å². The van der Waals surface area contributed by atoms with Crippen molar-refractivity contribution in [1.82, 2.24) is 56.7 Å². The SMILES string of the molecule is CC(C)(C)CCCCOC(C)(C)C.CC(C)(C)CNC(=O)C(C)(C)C.CC(C)(C)CNCC(C)(C)C.CC(C)(C)N=C(N)CSC1CC(=O)N(CC2CCC(C(=O)NC(C)(C)C)CC2)C1=O.CC(C)(C)NC(=O)CSC1CC(=O)N(CC2CCC(C(=O)NC(C)(C)C)CC2)C1=O.CC(C)(C)NC(=O)Cc1cn(C(C)(C)C)nn1. The van der Waals surface area contributed by atoms with Crippen molar-refractivity contribution in [3.8, 4) is 0 Å². The van der Waals surface area contributed by atoms with E-state index in [0.29, 0.717) is 46.6 Å². The number of aliphatic imine (C=N–C) groups is 1. The lowest BCUT2D eigenvalue weighted by Gasteiger charge is -2.32. The summed E-state index contributed by atoms with van der Waals surface area (Å²) in [7, 11) is 0. The maximum atomic E-state index is 12.8. The molecule has 0 aromatic carbocycles. The van der Waals surface area contributed by atoms with Crippen molar-refractivity contribution in [2.24, 2.45) is 61.5 Å². The lowest BCUT2D eigenvalue weighted by molar-refractivity contribution is -0.141. The van der Waals surface area contributed by atoms with E-state index in [1.54, 1.807) is 4.68 Å². The number of carbonyl (C=O) groups excluding carboxylic acids is 9. The van der Waals surface area contributed by atoms with E-state index in [9.17, 15) is 43.2 Å². The molecule has 1 aromatic rings.